The number of aryl methyl sites for hydroxylation is 3. The molecule has 27 heavy (non-hydrogen) atoms. The van der Waals surface area contributed by atoms with Crippen molar-refractivity contribution in [2.75, 3.05) is 0 Å². The summed E-state index contributed by atoms with van der Waals surface area (Å²) in [5.41, 5.74) is 1.43. The Labute approximate surface area is 153 Å². The highest BCUT2D eigenvalue weighted by atomic mass is 19.4. The van der Waals surface area contributed by atoms with Crippen LogP contribution in [0, 0.1) is 20.8 Å². The van der Waals surface area contributed by atoms with E-state index in [1.165, 1.54) is 18.5 Å². The van der Waals surface area contributed by atoms with Crippen LogP contribution in [0.2, 0.25) is 0 Å². The maximum Gasteiger partial charge on any atom is 0.417 e. The molecule has 7 nitrogen and oxygen atoms in total. The fourth-order valence-electron chi connectivity index (χ4n) is 2.92. The molecular weight excluding hydrogens is 361 g/mol. The minimum Gasteiger partial charge on any atom is -0.350 e. The normalized spacial score (nSPS) is 12.0. The third-order valence-electron chi connectivity index (χ3n) is 4.42. The van der Waals surface area contributed by atoms with Gasteiger partial charge in [-0.1, -0.05) is 0 Å². The Hall–Kier alpha value is -2.91. The first-order valence-corrected chi connectivity index (χ1v) is 8.24. The molecular formula is C17H19F3N6O. The molecule has 144 valence electrons. The molecule has 10 heteroatoms. The molecule has 0 saturated carbocycles. The second-order valence-electron chi connectivity index (χ2n) is 6.41. The van der Waals surface area contributed by atoms with Gasteiger partial charge in [-0.15, -0.1) is 0 Å². The lowest BCUT2D eigenvalue weighted by molar-refractivity contribution is -0.136. The van der Waals surface area contributed by atoms with E-state index in [0.29, 0.717) is 0 Å². The molecule has 3 heterocycles. The number of rotatable bonds is 4. The zero-order valence-electron chi connectivity index (χ0n) is 15.3. The maximum atomic E-state index is 13.3. The van der Waals surface area contributed by atoms with E-state index in [2.05, 4.69) is 20.5 Å². The quantitative estimate of drug-likeness (QED) is 0.754. The van der Waals surface area contributed by atoms with Crippen LogP contribution in [0.3, 0.4) is 0 Å². The lowest BCUT2D eigenvalue weighted by atomic mass is 10.1. The molecule has 0 spiro atoms. The Morgan fingerprint density at radius 1 is 1.26 bits per heavy atom. The Morgan fingerprint density at radius 2 is 1.96 bits per heavy atom. The van der Waals surface area contributed by atoms with Crippen molar-refractivity contribution in [1.29, 1.82) is 0 Å². The number of hydrogen-bond acceptors (Lipinski definition) is 4. The number of pyridine rings is 1. The van der Waals surface area contributed by atoms with E-state index in [4.69, 9.17) is 0 Å². The van der Waals surface area contributed by atoms with Crippen LogP contribution in [0.4, 0.5) is 13.2 Å². The SMILES string of the molecule is Cc1cc(C(F)(F)F)c2c(C)nn(CC(=O)NCc3cnn(C)c3C)c2n1. The van der Waals surface area contributed by atoms with E-state index in [0.717, 1.165) is 17.3 Å². The molecule has 3 aromatic heterocycles. The van der Waals surface area contributed by atoms with Crippen molar-refractivity contribution in [2.24, 2.45) is 7.05 Å². The molecule has 0 aliphatic carbocycles. The van der Waals surface area contributed by atoms with E-state index >= 15 is 0 Å². The summed E-state index contributed by atoms with van der Waals surface area (Å²) < 4.78 is 42.9. The van der Waals surface area contributed by atoms with Gasteiger partial charge in [0, 0.05) is 30.5 Å². The van der Waals surface area contributed by atoms with Gasteiger partial charge in [-0.3, -0.25) is 9.48 Å². The number of fused-ring (bicyclic) bond motifs is 1. The van der Waals surface area contributed by atoms with Crippen molar-refractivity contribution in [1.82, 2.24) is 29.9 Å². The van der Waals surface area contributed by atoms with Gasteiger partial charge in [-0.25, -0.2) is 9.67 Å². The largest absolute Gasteiger partial charge is 0.417 e. The minimum atomic E-state index is -4.52. The lowest BCUT2D eigenvalue weighted by Crippen LogP contribution is -2.27. The molecule has 0 aromatic carbocycles. The summed E-state index contributed by atoms with van der Waals surface area (Å²) in [5.74, 6) is -0.375. The fraction of sp³-hybridized carbons (Fsp3) is 0.412. The van der Waals surface area contributed by atoms with Crippen LogP contribution in [-0.4, -0.2) is 30.5 Å². The standard InChI is InChI=1S/C17H19F3N6O/c1-9-5-13(17(18,19)20)15-10(2)24-26(16(15)23-9)8-14(27)21-6-12-7-22-25(4)11(12)3/h5,7H,6,8H2,1-4H3,(H,21,27). The summed E-state index contributed by atoms with van der Waals surface area (Å²) in [6.07, 6.45) is -2.87. The van der Waals surface area contributed by atoms with E-state index in [-0.39, 0.29) is 41.4 Å². The van der Waals surface area contributed by atoms with Gasteiger partial charge in [-0.2, -0.15) is 23.4 Å². The Balaban J connectivity index is 1.86. The minimum absolute atomic E-state index is 0.0486. The Bertz CT molecular complexity index is 1020. The molecule has 0 radical (unpaired) electrons. The summed E-state index contributed by atoms with van der Waals surface area (Å²) in [7, 11) is 1.80. The number of aromatic nitrogens is 5. The van der Waals surface area contributed by atoms with Crippen molar-refractivity contribution in [3.05, 3.63) is 40.5 Å². The van der Waals surface area contributed by atoms with Crippen LogP contribution >= 0.6 is 0 Å². The average molecular weight is 380 g/mol. The van der Waals surface area contributed by atoms with E-state index in [1.807, 2.05) is 6.92 Å². The number of alkyl halides is 3. The fourth-order valence-corrected chi connectivity index (χ4v) is 2.92. The number of carbonyl (C=O) groups excluding carboxylic acids is 1. The van der Waals surface area contributed by atoms with E-state index in [9.17, 15) is 18.0 Å². The van der Waals surface area contributed by atoms with Gasteiger partial charge >= 0.3 is 6.18 Å². The number of nitrogens with zero attached hydrogens (tertiary/aromatic N) is 5. The van der Waals surface area contributed by atoms with Gasteiger partial charge in [0.05, 0.1) is 22.8 Å². The molecule has 0 fully saturated rings. The van der Waals surface area contributed by atoms with Crippen LogP contribution in [0.1, 0.15) is 28.2 Å². The summed E-state index contributed by atoms with van der Waals surface area (Å²) >= 11 is 0. The van der Waals surface area contributed by atoms with Crippen LogP contribution in [0.25, 0.3) is 11.0 Å². The van der Waals surface area contributed by atoms with E-state index < -0.39 is 11.7 Å². The topological polar surface area (TPSA) is 77.6 Å². The second kappa shape index (κ2) is 6.67. The highest BCUT2D eigenvalue weighted by molar-refractivity contribution is 5.85. The van der Waals surface area contributed by atoms with Crippen LogP contribution in [-0.2, 0) is 31.1 Å². The van der Waals surface area contributed by atoms with Crippen molar-refractivity contribution in [3.63, 3.8) is 0 Å². The Kier molecular flexibility index (Phi) is 4.66. The number of carbonyl (C=O) groups is 1. The first-order chi connectivity index (χ1) is 12.6. The van der Waals surface area contributed by atoms with Gasteiger partial charge in [-0.05, 0) is 26.8 Å². The zero-order chi connectivity index (χ0) is 19.9. The van der Waals surface area contributed by atoms with Gasteiger partial charge in [0.1, 0.15) is 6.54 Å². The van der Waals surface area contributed by atoms with Gasteiger partial charge in [0.25, 0.3) is 0 Å². The van der Waals surface area contributed by atoms with Crippen molar-refractivity contribution >= 4 is 16.9 Å². The third kappa shape index (κ3) is 3.64. The first-order valence-electron chi connectivity index (χ1n) is 8.24. The highest BCUT2D eigenvalue weighted by Gasteiger charge is 2.35. The molecule has 0 aliphatic heterocycles. The second-order valence-corrected chi connectivity index (χ2v) is 6.41. The average Bonchev–Trinajstić information content (AvgIpc) is 3.05. The molecule has 1 N–H and O–H groups in total. The monoisotopic (exact) mass is 380 g/mol. The molecule has 0 aliphatic rings. The number of hydrogen-bond donors (Lipinski definition) is 1. The zero-order valence-corrected chi connectivity index (χ0v) is 15.3. The molecule has 0 saturated heterocycles. The lowest BCUT2D eigenvalue weighted by Gasteiger charge is -2.10. The number of amides is 1. The van der Waals surface area contributed by atoms with Gasteiger partial charge < -0.3 is 5.32 Å². The predicted octanol–water partition coefficient (Wildman–Crippen LogP) is 2.43. The summed E-state index contributed by atoms with van der Waals surface area (Å²) in [5, 5.41) is 10.8. The molecule has 0 atom stereocenters. The van der Waals surface area contributed by atoms with Crippen LogP contribution in [0.15, 0.2) is 12.3 Å². The van der Waals surface area contributed by atoms with Crippen LogP contribution < -0.4 is 5.32 Å². The number of halogens is 3. The first kappa shape index (κ1) is 18.9. The summed E-state index contributed by atoms with van der Waals surface area (Å²) in [6.45, 7) is 4.88. The molecule has 3 rings (SSSR count). The third-order valence-corrected chi connectivity index (χ3v) is 4.42. The predicted molar refractivity (Wildman–Crippen MR) is 91.8 cm³/mol. The van der Waals surface area contributed by atoms with Gasteiger partial charge in [0.2, 0.25) is 5.91 Å². The van der Waals surface area contributed by atoms with E-state index in [1.54, 1.807) is 17.9 Å². The Morgan fingerprint density at radius 3 is 2.56 bits per heavy atom. The molecule has 1 amide bonds. The molecule has 3 aromatic rings. The highest BCUT2D eigenvalue weighted by Crippen LogP contribution is 2.36. The number of nitrogens with one attached hydrogen (secondary N) is 1. The molecule has 0 unspecified atom stereocenters. The summed E-state index contributed by atoms with van der Waals surface area (Å²) in [6, 6.07) is 0.993. The summed E-state index contributed by atoms with van der Waals surface area (Å²) in [4.78, 5) is 16.4. The smallest absolute Gasteiger partial charge is 0.350 e. The van der Waals surface area contributed by atoms with Crippen LogP contribution in [0.5, 0.6) is 0 Å². The van der Waals surface area contributed by atoms with Crippen molar-refractivity contribution < 1.29 is 18.0 Å². The molecule has 0 bridgehead atoms. The van der Waals surface area contributed by atoms with Crippen molar-refractivity contribution in [3.8, 4) is 0 Å². The van der Waals surface area contributed by atoms with Gasteiger partial charge in [0.15, 0.2) is 5.65 Å². The van der Waals surface area contributed by atoms with Crippen molar-refractivity contribution in [2.45, 2.75) is 40.0 Å². The maximum absolute atomic E-state index is 13.3.